The summed E-state index contributed by atoms with van der Waals surface area (Å²) in [6.45, 7) is 2.62. The van der Waals surface area contributed by atoms with Gasteiger partial charge in [0.1, 0.15) is 6.61 Å². The third-order valence-electron chi connectivity index (χ3n) is 5.50. The summed E-state index contributed by atoms with van der Waals surface area (Å²) in [7, 11) is -3.86. The molecule has 1 saturated heterocycles. The Kier molecular flexibility index (Phi) is 5.20. The molecule has 0 spiro atoms. The van der Waals surface area contributed by atoms with Crippen molar-refractivity contribution in [3.8, 4) is 0 Å². The van der Waals surface area contributed by atoms with Gasteiger partial charge in [0.25, 0.3) is 5.69 Å². The van der Waals surface area contributed by atoms with Gasteiger partial charge in [0.05, 0.1) is 15.5 Å². The number of benzene rings is 2. The van der Waals surface area contributed by atoms with E-state index in [4.69, 9.17) is 4.74 Å². The first kappa shape index (κ1) is 20.3. The number of sulfonamides is 1. The highest BCUT2D eigenvalue weighted by atomic mass is 32.2. The molecule has 2 aromatic rings. The maximum Gasteiger partial charge on any atom is 0.414 e. The number of anilines is 1. The molecule has 10 heteroatoms. The van der Waals surface area contributed by atoms with Crippen LogP contribution >= 0.6 is 0 Å². The summed E-state index contributed by atoms with van der Waals surface area (Å²) < 4.78 is 32.5. The number of nitro groups is 1. The highest BCUT2D eigenvalue weighted by Crippen LogP contribution is 2.33. The average Bonchev–Trinajstić information content (AvgIpc) is 2.74. The Morgan fingerprint density at radius 2 is 1.87 bits per heavy atom. The SMILES string of the molecule is Cc1ccc2c(c1)COC(=O)N2C1CCN(S(=O)(=O)c2cccc([N+](=O)[O-])c2)CC1. The maximum atomic E-state index is 12.9. The van der Waals surface area contributed by atoms with Crippen LogP contribution in [0.15, 0.2) is 47.4 Å². The zero-order valence-electron chi connectivity index (χ0n) is 16.4. The summed E-state index contributed by atoms with van der Waals surface area (Å²) in [5.74, 6) is 0. The van der Waals surface area contributed by atoms with Crippen molar-refractivity contribution >= 4 is 27.5 Å². The Labute approximate surface area is 174 Å². The molecule has 30 heavy (non-hydrogen) atoms. The van der Waals surface area contributed by atoms with E-state index in [2.05, 4.69) is 0 Å². The standard InChI is InChI=1S/C20H21N3O6S/c1-14-5-6-19-15(11-14)13-29-20(24)22(19)16-7-9-21(10-8-16)30(27,28)18-4-2-3-17(12-18)23(25)26/h2-6,11-12,16H,7-10,13H2,1H3. The van der Waals surface area contributed by atoms with Crippen LogP contribution in [0.1, 0.15) is 24.0 Å². The van der Waals surface area contributed by atoms with E-state index in [-0.39, 0.29) is 36.3 Å². The second kappa shape index (κ2) is 7.69. The van der Waals surface area contributed by atoms with E-state index in [9.17, 15) is 23.3 Å². The number of hydrogen-bond donors (Lipinski definition) is 0. The molecule has 0 aromatic heterocycles. The number of aryl methyl sites for hydroxylation is 1. The summed E-state index contributed by atoms with van der Waals surface area (Å²) in [6.07, 6.45) is 0.457. The van der Waals surface area contributed by atoms with Gasteiger partial charge in [0, 0.05) is 36.8 Å². The lowest BCUT2D eigenvalue weighted by Crippen LogP contribution is -2.50. The summed E-state index contributed by atoms with van der Waals surface area (Å²) in [6, 6.07) is 10.7. The Hall–Kier alpha value is -2.98. The van der Waals surface area contributed by atoms with Crippen molar-refractivity contribution < 1.29 is 22.9 Å². The topological polar surface area (TPSA) is 110 Å². The monoisotopic (exact) mass is 431 g/mol. The number of nitrogens with zero attached hydrogens (tertiary/aromatic N) is 3. The highest BCUT2D eigenvalue weighted by molar-refractivity contribution is 7.89. The number of amides is 1. The zero-order valence-corrected chi connectivity index (χ0v) is 17.2. The second-order valence-corrected chi connectivity index (χ2v) is 9.38. The summed E-state index contributed by atoms with van der Waals surface area (Å²) >= 11 is 0. The second-order valence-electron chi connectivity index (χ2n) is 7.45. The highest BCUT2D eigenvalue weighted by Gasteiger charge is 2.37. The molecule has 4 rings (SSSR count). The maximum absolute atomic E-state index is 12.9. The van der Waals surface area contributed by atoms with E-state index in [1.54, 1.807) is 4.90 Å². The molecule has 0 saturated carbocycles. The fraction of sp³-hybridized carbons (Fsp3) is 0.350. The lowest BCUT2D eigenvalue weighted by molar-refractivity contribution is -0.385. The van der Waals surface area contributed by atoms with E-state index in [1.165, 1.54) is 22.5 Å². The van der Waals surface area contributed by atoms with Gasteiger partial charge in [0.15, 0.2) is 0 Å². The number of hydrogen-bond acceptors (Lipinski definition) is 6. The van der Waals surface area contributed by atoms with Gasteiger partial charge in [-0.2, -0.15) is 4.31 Å². The van der Waals surface area contributed by atoms with Gasteiger partial charge in [0.2, 0.25) is 10.0 Å². The quantitative estimate of drug-likeness (QED) is 0.543. The largest absolute Gasteiger partial charge is 0.444 e. The molecule has 0 N–H and O–H groups in total. The molecule has 0 unspecified atom stereocenters. The molecule has 2 aliphatic rings. The molecular formula is C20H21N3O6S. The van der Waals surface area contributed by atoms with Crippen LogP contribution in [-0.2, 0) is 21.4 Å². The molecule has 0 aliphatic carbocycles. The zero-order chi connectivity index (χ0) is 21.5. The van der Waals surface area contributed by atoms with Gasteiger partial charge in [-0.3, -0.25) is 15.0 Å². The van der Waals surface area contributed by atoms with Crippen LogP contribution in [0, 0.1) is 17.0 Å². The summed E-state index contributed by atoms with van der Waals surface area (Å²) in [5.41, 5.74) is 2.54. The van der Waals surface area contributed by atoms with Gasteiger partial charge in [-0.15, -0.1) is 0 Å². The predicted molar refractivity (Wildman–Crippen MR) is 109 cm³/mol. The van der Waals surface area contributed by atoms with Crippen molar-refractivity contribution in [2.45, 2.75) is 37.3 Å². The summed E-state index contributed by atoms with van der Waals surface area (Å²) in [5, 5.41) is 11.0. The van der Waals surface area contributed by atoms with E-state index in [1.807, 2.05) is 25.1 Å². The number of nitro benzene ring substituents is 1. The number of rotatable bonds is 4. The summed E-state index contributed by atoms with van der Waals surface area (Å²) in [4.78, 5) is 24.3. The minimum atomic E-state index is -3.86. The van der Waals surface area contributed by atoms with Crippen molar-refractivity contribution in [1.82, 2.24) is 4.31 Å². The fourth-order valence-corrected chi connectivity index (χ4v) is 5.48. The molecular weight excluding hydrogens is 410 g/mol. The van der Waals surface area contributed by atoms with E-state index in [0.717, 1.165) is 22.9 Å². The smallest absolute Gasteiger partial charge is 0.414 e. The molecule has 0 radical (unpaired) electrons. The fourth-order valence-electron chi connectivity index (χ4n) is 3.97. The third-order valence-corrected chi connectivity index (χ3v) is 7.39. The number of non-ortho nitro benzene ring substituents is 1. The molecule has 158 valence electrons. The van der Waals surface area contributed by atoms with Crippen LogP contribution in [0.2, 0.25) is 0 Å². The first-order valence-corrected chi connectivity index (χ1v) is 11.0. The lowest BCUT2D eigenvalue weighted by atomic mass is 10.0. The number of cyclic esters (lactones) is 1. The van der Waals surface area contributed by atoms with Crippen molar-refractivity contribution in [3.63, 3.8) is 0 Å². The third kappa shape index (κ3) is 3.63. The van der Waals surface area contributed by atoms with Gasteiger partial charge in [-0.25, -0.2) is 13.2 Å². The van der Waals surface area contributed by atoms with Gasteiger partial charge in [-0.1, -0.05) is 23.8 Å². The molecule has 2 heterocycles. The number of ether oxygens (including phenoxy) is 1. The van der Waals surface area contributed by atoms with Crippen LogP contribution in [0.4, 0.5) is 16.2 Å². The van der Waals surface area contributed by atoms with Crippen molar-refractivity contribution in [1.29, 1.82) is 0 Å². The van der Waals surface area contributed by atoms with Crippen LogP contribution in [0.25, 0.3) is 0 Å². The minimum absolute atomic E-state index is 0.103. The lowest BCUT2D eigenvalue weighted by Gasteiger charge is -2.39. The number of carbonyl (C=O) groups is 1. The van der Waals surface area contributed by atoms with E-state index in [0.29, 0.717) is 12.8 Å². The van der Waals surface area contributed by atoms with Gasteiger partial charge < -0.3 is 4.74 Å². The first-order chi connectivity index (χ1) is 14.3. The first-order valence-electron chi connectivity index (χ1n) is 9.57. The van der Waals surface area contributed by atoms with E-state index >= 15 is 0 Å². The molecule has 0 bridgehead atoms. The Morgan fingerprint density at radius 1 is 1.13 bits per heavy atom. The normalized spacial score (nSPS) is 18.0. The number of fused-ring (bicyclic) bond motifs is 1. The molecule has 2 aliphatic heterocycles. The van der Waals surface area contributed by atoms with Crippen LogP contribution in [0.5, 0.6) is 0 Å². The molecule has 1 fully saturated rings. The average molecular weight is 431 g/mol. The molecule has 2 aromatic carbocycles. The van der Waals surface area contributed by atoms with Crippen LogP contribution < -0.4 is 4.90 Å². The number of piperidine rings is 1. The molecule has 1 amide bonds. The molecule has 9 nitrogen and oxygen atoms in total. The van der Waals surface area contributed by atoms with E-state index < -0.39 is 21.0 Å². The Balaban J connectivity index is 1.52. The molecule has 0 atom stereocenters. The Morgan fingerprint density at radius 3 is 2.57 bits per heavy atom. The van der Waals surface area contributed by atoms with Gasteiger partial charge >= 0.3 is 6.09 Å². The predicted octanol–water partition coefficient (Wildman–Crippen LogP) is 3.21. The van der Waals surface area contributed by atoms with Crippen LogP contribution in [0.3, 0.4) is 0 Å². The van der Waals surface area contributed by atoms with Crippen LogP contribution in [-0.4, -0.2) is 42.9 Å². The Bertz CT molecular complexity index is 1110. The minimum Gasteiger partial charge on any atom is -0.444 e. The van der Waals surface area contributed by atoms with Crippen molar-refractivity contribution in [2.24, 2.45) is 0 Å². The van der Waals surface area contributed by atoms with Crippen molar-refractivity contribution in [2.75, 3.05) is 18.0 Å². The van der Waals surface area contributed by atoms with Gasteiger partial charge in [-0.05, 0) is 31.9 Å². The van der Waals surface area contributed by atoms with Crippen molar-refractivity contribution in [3.05, 3.63) is 63.7 Å². The number of carbonyl (C=O) groups excluding carboxylic acids is 1.